The normalized spacial score (nSPS) is 19.3. The van der Waals surface area contributed by atoms with Gasteiger partial charge in [-0.15, -0.1) is 0 Å². The number of nitrogens with one attached hydrogen (secondary N) is 1. The van der Waals surface area contributed by atoms with Crippen molar-refractivity contribution in [2.45, 2.75) is 18.8 Å². The molecule has 2 aromatic carbocycles. The number of alkyl carbamates (subject to hydrolysis) is 1. The van der Waals surface area contributed by atoms with E-state index in [4.69, 9.17) is 16.3 Å². The summed E-state index contributed by atoms with van der Waals surface area (Å²) in [6.07, 6.45) is -1.12. The molecule has 0 radical (unpaired) electrons. The van der Waals surface area contributed by atoms with Crippen molar-refractivity contribution in [3.63, 3.8) is 0 Å². The van der Waals surface area contributed by atoms with Gasteiger partial charge in [-0.3, -0.25) is 4.79 Å². The van der Waals surface area contributed by atoms with Gasteiger partial charge in [-0.05, 0) is 30.3 Å². The Balaban J connectivity index is 1.62. The summed E-state index contributed by atoms with van der Waals surface area (Å²) in [6, 6.07) is 11.3. The molecule has 27 heavy (non-hydrogen) atoms. The van der Waals surface area contributed by atoms with Crippen LogP contribution in [0.25, 0.3) is 0 Å². The highest BCUT2D eigenvalue weighted by Crippen LogP contribution is 2.30. The lowest BCUT2D eigenvalue weighted by atomic mass is 10.2. The minimum Gasteiger partial charge on any atom is -0.407 e. The lowest BCUT2D eigenvalue weighted by Crippen LogP contribution is -2.46. The fourth-order valence-electron chi connectivity index (χ4n) is 2.69. The van der Waals surface area contributed by atoms with E-state index >= 15 is 0 Å². The Kier molecular flexibility index (Phi) is 5.69. The number of anilines is 1. The fraction of sp³-hybridized carbons (Fsp3) is 0.222. The number of carbonyl (C=O) groups is 2. The monoisotopic (exact) mass is 456 g/mol. The SMILES string of the molecule is O=C(NCc1cccc(Cl)c1F)O[C@@]1(O)CCN(c2ccc(Br)cc2)C1=O. The highest BCUT2D eigenvalue weighted by atomic mass is 79.9. The Morgan fingerprint density at radius 2 is 2.04 bits per heavy atom. The fourth-order valence-corrected chi connectivity index (χ4v) is 3.15. The molecule has 1 atom stereocenters. The topological polar surface area (TPSA) is 78.9 Å². The third-order valence-corrected chi connectivity index (χ3v) is 4.93. The van der Waals surface area contributed by atoms with Crippen LogP contribution in [0.4, 0.5) is 14.9 Å². The molecule has 0 unspecified atom stereocenters. The first-order valence-electron chi connectivity index (χ1n) is 8.00. The summed E-state index contributed by atoms with van der Waals surface area (Å²) in [7, 11) is 0. The minimum atomic E-state index is -2.27. The predicted molar refractivity (Wildman–Crippen MR) is 101 cm³/mol. The van der Waals surface area contributed by atoms with Crippen molar-refractivity contribution in [2.24, 2.45) is 0 Å². The molecule has 3 rings (SSSR count). The molecule has 0 aromatic heterocycles. The lowest BCUT2D eigenvalue weighted by Gasteiger charge is -2.22. The first kappa shape index (κ1) is 19.6. The van der Waals surface area contributed by atoms with E-state index in [1.165, 1.54) is 23.1 Å². The highest BCUT2D eigenvalue weighted by Gasteiger charge is 2.49. The van der Waals surface area contributed by atoms with E-state index < -0.39 is 23.6 Å². The van der Waals surface area contributed by atoms with Crippen LogP contribution in [0, 0.1) is 5.82 Å². The Bertz CT molecular complexity index is 880. The number of aliphatic hydroxyl groups is 1. The van der Waals surface area contributed by atoms with Crippen LogP contribution < -0.4 is 10.2 Å². The number of amides is 2. The number of rotatable bonds is 4. The minimum absolute atomic E-state index is 0.0718. The summed E-state index contributed by atoms with van der Waals surface area (Å²) in [6.45, 7) is -0.0148. The van der Waals surface area contributed by atoms with Crippen molar-refractivity contribution >= 4 is 45.2 Å². The van der Waals surface area contributed by atoms with Gasteiger partial charge in [-0.1, -0.05) is 39.7 Å². The molecule has 6 nitrogen and oxygen atoms in total. The molecule has 1 saturated heterocycles. The van der Waals surface area contributed by atoms with Crippen LogP contribution in [-0.2, 0) is 16.1 Å². The van der Waals surface area contributed by atoms with Gasteiger partial charge >= 0.3 is 6.09 Å². The van der Waals surface area contributed by atoms with E-state index in [9.17, 15) is 19.1 Å². The zero-order valence-electron chi connectivity index (χ0n) is 13.9. The summed E-state index contributed by atoms with van der Waals surface area (Å²) in [5.74, 6) is -3.67. The zero-order chi connectivity index (χ0) is 19.6. The molecule has 2 amide bonds. The summed E-state index contributed by atoms with van der Waals surface area (Å²) >= 11 is 8.98. The maximum absolute atomic E-state index is 13.8. The van der Waals surface area contributed by atoms with E-state index in [1.807, 2.05) is 0 Å². The van der Waals surface area contributed by atoms with Crippen LogP contribution in [0.3, 0.4) is 0 Å². The molecule has 2 N–H and O–H groups in total. The van der Waals surface area contributed by atoms with Gasteiger partial charge in [0.25, 0.3) is 11.7 Å². The van der Waals surface area contributed by atoms with Gasteiger partial charge < -0.3 is 20.1 Å². The molecule has 1 aliphatic heterocycles. The summed E-state index contributed by atoms with van der Waals surface area (Å²) < 4.78 is 19.6. The maximum Gasteiger partial charge on any atom is 0.410 e. The number of carbonyl (C=O) groups excluding carboxylic acids is 2. The molecule has 9 heteroatoms. The van der Waals surface area contributed by atoms with Crippen molar-refractivity contribution in [3.05, 3.63) is 63.3 Å². The van der Waals surface area contributed by atoms with Crippen LogP contribution in [-0.4, -0.2) is 29.4 Å². The van der Waals surface area contributed by atoms with Crippen molar-refractivity contribution in [1.82, 2.24) is 5.32 Å². The Labute approximate surface area is 168 Å². The van der Waals surface area contributed by atoms with Gasteiger partial charge in [-0.2, -0.15) is 0 Å². The zero-order valence-corrected chi connectivity index (χ0v) is 16.3. The molecule has 142 valence electrons. The van der Waals surface area contributed by atoms with Crippen molar-refractivity contribution in [2.75, 3.05) is 11.4 Å². The number of benzene rings is 2. The van der Waals surface area contributed by atoms with E-state index in [2.05, 4.69) is 21.2 Å². The molecule has 0 spiro atoms. The van der Waals surface area contributed by atoms with Crippen molar-refractivity contribution in [1.29, 1.82) is 0 Å². The van der Waals surface area contributed by atoms with Gasteiger partial charge in [0.1, 0.15) is 5.82 Å². The van der Waals surface area contributed by atoms with Crippen LogP contribution in [0.15, 0.2) is 46.9 Å². The quantitative estimate of drug-likeness (QED) is 0.688. The third-order valence-electron chi connectivity index (χ3n) is 4.11. The first-order chi connectivity index (χ1) is 12.8. The van der Waals surface area contributed by atoms with Gasteiger partial charge in [0.05, 0.1) is 5.02 Å². The number of hydrogen-bond donors (Lipinski definition) is 2. The molecular formula is C18H15BrClFN2O4. The van der Waals surface area contributed by atoms with Gasteiger partial charge in [0.15, 0.2) is 0 Å². The van der Waals surface area contributed by atoms with Crippen LogP contribution in [0.5, 0.6) is 0 Å². The van der Waals surface area contributed by atoms with Gasteiger partial charge in [0, 0.05) is 35.2 Å². The van der Waals surface area contributed by atoms with E-state index in [1.54, 1.807) is 24.3 Å². The highest BCUT2D eigenvalue weighted by molar-refractivity contribution is 9.10. The predicted octanol–water partition coefficient (Wildman–Crippen LogP) is 3.59. The molecular weight excluding hydrogens is 443 g/mol. The number of hydrogen-bond acceptors (Lipinski definition) is 4. The number of nitrogens with zero attached hydrogens (tertiary/aromatic N) is 1. The molecule has 2 aromatic rings. The lowest BCUT2D eigenvalue weighted by molar-refractivity contribution is -0.175. The third kappa shape index (κ3) is 4.23. The molecule has 1 fully saturated rings. The molecule has 0 aliphatic carbocycles. The number of ether oxygens (including phenoxy) is 1. The van der Waals surface area contributed by atoms with E-state index in [0.717, 1.165) is 4.47 Å². The summed E-state index contributed by atoms with van der Waals surface area (Å²) in [4.78, 5) is 25.8. The Morgan fingerprint density at radius 3 is 2.74 bits per heavy atom. The Hall–Kier alpha value is -2.16. The van der Waals surface area contributed by atoms with E-state index in [0.29, 0.717) is 5.69 Å². The molecule has 0 saturated carbocycles. The van der Waals surface area contributed by atoms with Crippen LogP contribution >= 0.6 is 27.5 Å². The smallest absolute Gasteiger partial charge is 0.407 e. The number of halogens is 3. The van der Waals surface area contributed by atoms with Gasteiger partial charge in [-0.25, -0.2) is 9.18 Å². The van der Waals surface area contributed by atoms with E-state index in [-0.39, 0.29) is 30.1 Å². The maximum atomic E-state index is 13.8. The largest absolute Gasteiger partial charge is 0.410 e. The second-order valence-electron chi connectivity index (χ2n) is 5.92. The van der Waals surface area contributed by atoms with Crippen LogP contribution in [0.1, 0.15) is 12.0 Å². The molecule has 1 aliphatic rings. The standard InChI is InChI=1S/C18H15BrClFN2O4/c19-12-4-6-13(7-5-12)23-9-8-18(26,16(23)24)27-17(25)22-10-11-2-1-3-14(20)15(11)21/h1-7,26H,8-10H2,(H,22,25)/t18-/m0/s1. The average molecular weight is 458 g/mol. The van der Waals surface area contributed by atoms with Gasteiger partial charge in [0.2, 0.25) is 0 Å². The summed E-state index contributed by atoms with van der Waals surface area (Å²) in [5, 5.41) is 12.7. The Morgan fingerprint density at radius 1 is 1.33 bits per heavy atom. The second kappa shape index (κ2) is 7.84. The first-order valence-corrected chi connectivity index (χ1v) is 9.17. The average Bonchev–Trinajstić information content (AvgIpc) is 2.92. The summed E-state index contributed by atoms with van der Waals surface area (Å²) in [5.41, 5.74) is 0.727. The van der Waals surface area contributed by atoms with Crippen LogP contribution in [0.2, 0.25) is 5.02 Å². The molecule has 0 bridgehead atoms. The van der Waals surface area contributed by atoms with Crippen molar-refractivity contribution in [3.8, 4) is 0 Å². The van der Waals surface area contributed by atoms with Crippen molar-refractivity contribution < 1.29 is 23.8 Å². The second-order valence-corrected chi connectivity index (χ2v) is 7.25. The molecule has 1 heterocycles.